The minimum atomic E-state index is -0.416. The maximum atomic E-state index is 12.9. The molecule has 134 valence electrons. The van der Waals surface area contributed by atoms with Crippen LogP contribution in [0.25, 0.3) is 0 Å². The van der Waals surface area contributed by atoms with Gasteiger partial charge in [-0.15, -0.1) is 11.8 Å². The van der Waals surface area contributed by atoms with Crippen molar-refractivity contribution in [2.75, 3.05) is 4.90 Å². The van der Waals surface area contributed by atoms with Gasteiger partial charge in [0.15, 0.2) is 0 Å². The molecule has 0 aliphatic carbocycles. The number of hydrogen-bond acceptors (Lipinski definition) is 4. The summed E-state index contributed by atoms with van der Waals surface area (Å²) in [6, 6.07) is 25.6. The van der Waals surface area contributed by atoms with E-state index in [1.807, 2.05) is 60.7 Å². The summed E-state index contributed by atoms with van der Waals surface area (Å²) in [7, 11) is 0. The summed E-state index contributed by atoms with van der Waals surface area (Å²) in [4.78, 5) is 26.2. The first-order chi connectivity index (χ1) is 13.1. The number of nitro benzene ring substituents is 1. The number of β-lactam (4-membered cyclic amide) rings is 1. The molecule has 6 heteroatoms. The third-order valence-corrected chi connectivity index (χ3v) is 5.79. The molecule has 5 nitrogen and oxygen atoms in total. The molecule has 1 saturated heterocycles. The Morgan fingerprint density at radius 1 is 0.852 bits per heavy atom. The van der Waals surface area contributed by atoms with Crippen LogP contribution in [0.5, 0.6) is 0 Å². The molecule has 1 aliphatic rings. The van der Waals surface area contributed by atoms with Gasteiger partial charge in [0.25, 0.3) is 5.69 Å². The molecule has 4 rings (SSSR count). The van der Waals surface area contributed by atoms with E-state index in [1.54, 1.807) is 17.0 Å². The van der Waals surface area contributed by atoms with Gasteiger partial charge in [0.2, 0.25) is 5.91 Å². The molecule has 0 radical (unpaired) electrons. The Bertz CT molecular complexity index is 962. The number of anilines is 1. The summed E-state index contributed by atoms with van der Waals surface area (Å²) >= 11 is 1.53. The monoisotopic (exact) mass is 376 g/mol. The van der Waals surface area contributed by atoms with Crippen LogP contribution >= 0.6 is 11.8 Å². The predicted octanol–water partition coefficient (Wildman–Crippen LogP) is 4.84. The summed E-state index contributed by atoms with van der Waals surface area (Å²) in [6.45, 7) is 0. The van der Waals surface area contributed by atoms with E-state index < -0.39 is 4.92 Å². The van der Waals surface area contributed by atoms with Crippen LogP contribution in [0, 0.1) is 10.1 Å². The van der Waals surface area contributed by atoms with Gasteiger partial charge in [-0.1, -0.05) is 48.5 Å². The van der Waals surface area contributed by atoms with Crippen molar-refractivity contribution in [3.8, 4) is 0 Å². The maximum absolute atomic E-state index is 12.9. The number of thioether (sulfide) groups is 1. The number of para-hydroxylation sites is 1. The largest absolute Gasteiger partial charge is 0.302 e. The van der Waals surface area contributed by atoms with Gasteiger partial charge in [0, 0.05) is 22.7 Å². The normalized spacial score (nSPS) is 18.8. The van der Waals surface area contributed by atoms with E-state index >= 15 is 0 Å². The second kappa shape index (κ2) is 7.25. The Balaban J connectivity index is 1.68. The number of nitro groups is 1. The number of nitrogens with zero attached hydrogens (tertiary/aromatic N) is 2. The van der Waals surface area contributed by atoms with Crippen LogP contribution in [-0.4, -0.2) is 16.1 Å². The Morgan fingerprint density at radius 3 is 2.04 bits per heavy atom. The van der Waals surface area contributed by atoms with E-state index in [2.05, 4.69) is 0 Å². The van der Waals surface area contributed by atoms with Crippen LogP contribution in [0.3, 0.4) is 0 Å². The van der Waals surface area contributed by atoms with Crippen molar-refractivity contribution < 1.29 is 9.72 Å². The van der Waals surface area contributed by atoms with Crippen molar-refractivity contribution in [2.45, 2.75) is 16.2 Å². The van der Waals surface area contributed by atoms with Crippen molar-refractivity contribution in [1.82, 2.24) is 0 Å². The highest BCUT2D eigenvalue weighted by molar-refractivity contribution is 8.00. The molecule has 27 heavy (non-hydrogen) atoms. The quantitative estimate of drug-likeness (QED) is 0.363. The van der Waals surface area contributed by atoms with Crippen LogP contribution in [0.15, 0.2) is 89.8 Å². The lowest BCUT2D eigenvalue weighted by Gasteiger charge is -2.47. The van der Waals surface area contributed by atoms with Crippen molar-refractivity contribution in [2.24, 2.45) is 0 Å². The van der Waals surface area contributed by atoms with E-state index in [0.29, 0.717) is 0 Å². The Labute approximate surface area is 160 Å². The topological polar surface area (TPSA) is 63.4 Å². The molecule has 0 spiro atoms. The van der Waals surface area contributed by atoms with Crippen LogP contribution in [0.4, 0.5) is 11.4 Å². The van der Waals surface area contributed by atoms with Gasteiger partial charge in [-0.2, -0.15) is 0 Å². The van der Waals surface area contributed by atoms with Gasteiger partial charge in [0.1, 0.15) is 5.25 Å². The van der Waals surface area contributed by atoms with E-state index in [1.165, 1.54) is 23.9 Å². The lowest BCUT2D eigenvalue weighted by molar-refractivity contribution is -0.384. The van der Waals surface area contributed by atoms with Gasteiger partial charge in [-0.25, -0.2) is 0 Å². The third-order valence-electron chi connectivity index (χ3n) is 4.53. The SMILES string of the molecule is O=C1[C@@H](Sc2ccccc2)[C@H](c2ccc([N+](=O)[O-])cc2)N1c1ccccc1. The molecular weight excluding hydrogens is 360 g/mol. The molecule has 1 amide bonds. The smallest absolute Gasteiger partial charge is 0.269 e. The van der Waals surface area contributed by atoms with Crippen molar-refractivity contribution in [1.29, 1.82) is 0 Å². The maximum Gasteiger partial charge on any atom is 0.269 e. The first kappa shape index (κ1) is 17.3. The second-order valence-electron chi connectivity index (χ2n) is 6.19. The van der Waals surface area contributed by atoms with Gasteiger partial charge in [-0.3, -0.25) is 14.9 Å². The Kier molecular flexibility index (Phi) is 4.64. The van der Waals surface area contributed by atoms with Gasteiger partial charge >= 0.3 is 0 Å². The van der Waals surface area contributed by atoms with E-state index in [0.717, 1.165) is 16.1 Å². The van der Waals surface area contributed by atoms with Crippen molar-refractivity contribution in [3.05, 3.63) is 101 Å². The third kappa shape index (κ3) is 3.31. The highest BCUT2D eigenvalue weighted by Gasteiger charge is 2.49. The van der Waals surface area contributed by atoms with Gasteiger partial charge in [-0.05, 0) is 29.8 Å². The first-order valence-electron chi connectivity index (χ1n) is 8.49. The zero-order valence-corrected chi connectivity index (χ0v) is 15.1. The Hall–Kier alpha value is -3.12. The number of non-ortho nitro benzene ring substituents is 1. The molecule has 1 aliphatic heterocycles. The fraction of sp³-hybridized carbons (Fsp3) is 0.0952. The minimum Gasteiger partial charge on any atom is -0.302 e. The fourth-order valence-corrected chi connectivity index (χ4v) is 4.45. The molecule has 3 aromatic carbocycles. The minimum absolute atomic E-state index is 0.0402. The van der Waals surface area contributed by atoms with Crippen molar-refractivity contribution >= 4 is 29.0 Å². The van der Waals surface area contributed by atoms with Crippen molar-refractivity contribution in [3.63, 3.8) is 0 Å². The van der Waals surface area contributed by atoms with Crippen LogP contribution in [-0.2, 0) is 4.79 Å². The molecule has 0 N–H and O–H groups in total. The average molecular weight is 376 g/mol. The number of rotatable bonds is 5. The number of amides is 1. The molecule has 3 aromatic rings. The zero-order valence-electron chi connectivity index (χ0n) is 14.3. The van der Waals surface area contributed by atoms with E-state index in [9.17, 15) is 14.9 Å². The average Bonchev–Trinajstić information content (AvgIpc) is 2.71. The number of benzene rings is 3. The van der Waals surface area contributed by atoms with Crippen LogP contribution < -0.4 is 4.90 Å². The van der Waals surface area contributed by atoms with Crippen LogP contribution in [0.2, 0.25) is 0 Å². The molecule has 2 atom stereocenters. The van der Waals surface area contributed by atoms with Gasteiger partial charge < -0.3 is 4.90 Å². The highest BCUT2D eigenvalue weighted by atomic mass is 32.2. The molecule has 0 aromatic heterocycles. The second-order valence-corrected chi connectivity index (χ2v) is 7.40. The molecule has 1 fully saturated rings. The molecular formula is C21H16N2O3S. The van der Waals surface area contributed by atoms with E-state index in [4.69, 9.17) is 0 Å². The summed E-state index contributed by atoms with van der Waals surface area (Å²) in [5.41, 5.74) is 1.76. The lowest BCUT2D eigenvalue weighted by atomic mass is 9.92. The zero-order chi connectivity index (χ0) is 18.8. The fourth-order valence-electron chi connectivity index (χ4n) is 3.22. The number of carbonyl (C=O) groups is 1. The van der Waals surface area contributed by atoms with Crippen LogP contribution in [0.1, 0.15) is 11.6 Å². The number of hydrogen-bond donors (Lipinski definition) is 0. The van der Waals surface area contributed by atoms with Gasteiger partial charge in [0.05, 0.1) is 11.0 Å². The summed E-state index contributed by atoms with van der Waals surface area (Å²) in [6.07, 6.45) is 0. The highest BCUT2D eigenvalue weighted by Crippen LogP contribution is 2.47. The summed E-state index contributed by atoms with van der Waals surface area (Å²) < 4.78 is 0. The molecule has 1 heterocycles. The molecule has 0 bridgehead atoms. The van der Waals surface area contributed by atoms with E-state index in [-0.39, 0.29) is 22.9 Å². The predicted molar refractivity (Wildman–Crippen MR) is 106 cm³/mol. The molecule has 0 saturated carbocycles. The standard InChI is InChI=1S/C21H16N2O3S/c24-21-20(27-18-9-5-2-6-10-18)19(22(21)16-7-3-1-4-8-16)15-11-13-17(14-12-15)23(25)26/h1-14,19-20H/t19-,20-/m0/s1. The summed E-state index contributed by atoms with van der Waals surface area (Å²) in [5.74, 6) is 0.0402. The lowest BCUT2D eigenvalue weighted by Crippen LogP contribution is -2.57. The molecule has 0 unspecified atom stereocenters. The first-order valence-corrected chi connectivity index (χ1v) is 9.37. The Morgan fingerprint density at radius 2 is 1.44 bits per heavy atom. The summed E-state index contributed by atoms with van der Waals surface area (Å²) in [5, 5.41) is 10.7. The number of carbonyl (C=O) groups excluding carboxylic acids is 1.